The van der Waals surface area contributed by atoms with Crippen LogP contribution in [0.25, 0.3) is 0 Å². The van der Waals surface area contributed by atoms with Crippen molar-refractivity contribution in [1.82, 2.24) is 0 Å². The van der Waals surface area contributed by atoms with E-state index in [1.807, 2.05) is 38.1 Å². The first-order valence-corrected chi connectivity index (χ1v) is 11.4. The van der Waals surface area contributed by atoms with Gasteiger partial charge in [-0.15, -0.1) is 0 Å². The van der Waals surface area contributed by atoms with Crippen molar-refractivity contribution in [1.29, 1.82) is 0 Å². The molecule has 7 nitrogen and oxygen atoms in total. The van der Waals surface area contributed by atoms with E-state index in [4.69, 9.17) is 21.1 Å². The summed E-state index contributed by atoms with van der Waals surface area (Å²) in [5, 5.41) is 11.7. The van der Waals surface area contributed by atoms with Gasteiger partial charge in [-0.05, 0) is 66.4 Å². The molecule has 0 aliphatic carbocycles. The molecule has 1 aliphatic rings. The van der Waals surface area contributed by atoms with Crippen LogP contribution in [0.5, 0.6) is 11.5 Å². The van der Waals surface area contributed by atoms with Gasteiger partial charge >= 0.3 is 0 Å². The van der Waals surface area contributed by atoms with Crippen molar-refractivity contribution in [2.24, 2.45) is 0 Å². The summed E-state index contributed by atoms with van der Waals surface area (Å²) in [6, 6.07) is 16.7. The number of nitrogens with zero attached hydrogens (tertiary/aromatic N) is 2. The maximum Gasteiger partial charge on any atom is 0.269 e. The van der Waals surface area contributed by atoms with Crippen molar-refractivity contribution in [3.63, 3.8) is 0 Å². The van der Waals surface area contributed by atoms with Crippen molar-refractivity contribution in [2.75, 3.05) is 12.0 Å². The smallest absolute Gasteiger partial charge is 0.269 e. The summed E-state index contributed by atoms with van der Waals surface area (Å²) in [5.74, 6) is 1.05. The first kappa shape index (κ1) is 23.6. The normalized spacial score (nSPS) is 16.1. The van der Waals surface area contributed by atoms with Gasteiger partial charge in [-0.2, -0.15) is 0 Å². The van der Waals surface area contributed by atoms with E-state index in [2.05, 4.69) is 0 Å². The molecule has 1 aliphatic heterocycles. The quantitative estimate of drug-likeness (QED) is 0.301. The van der Waals surface area contributed by atoms with Crippen LogP contribution in [-0.4, -0.2) is 24.0 Å². The summed E-state index contributed by atoms with van der Waals surface area (Å²) >= 11 is 6.14. The average molecular weight is 481 g/mol. The third-order valence-electron chi connectivity index (χ3n) is 6.02. The van der Waals surface area contributed by atoms with Gasteiger partial charge in [0.15, 0.2) is 11.5 Å². The van der Waals surface area contributed by atoms with Gasteiger partial charge in [-0.1, -0.05) is 30.7 Å². The lowest BCUT2D eigenvalue weighted by atomic mass is 9.86. The molecule has 4 rings (SSSR count). The SMILES string of the molecule is CCC(C)Oc1cc2c(cc1OC)CC(=O)N(c1ccc([N+](=O)[O-])cc1)C2c1ccc(Cl)cc1. The van der Waals surface area contributed by atoms with Crippen LogP contribution < -0.4 is 14.4 Å². The highest BCUT2D eigenvalue weighted by molar-refractivity contribution is 6.30. The molecule has 0 N–H and O–H groups in total. The monoisotopic (exact) mass is 480 g/mol. The van der Waals surface area contributed by atoms with Gasteiger partial charge in [-0.25, -0.2) is 0 Å². The fourth-order valence-electron chi connectivity index (χ4n) is 4.11. The van der Waals surface area contributed by atoms with E-state index in [-0.39, 0.29) is 24.1 Å². The highest BCUT2D eigenvalue weighted by Crippen LogP contribution is 2.44. The summed E-state index contributed by atoms with van der Waals surface area (Å²) in [7, 11) is 1.58. The number of hydrogen-bond acceptors (Lipinski definition) is 5. The highest BCUT2D eigenvalue weighted by atomic mass is 35.5. The van der Waals surface area contributed by atoms with Crippen LogP contribution in [0, 0.1) is 10.1 Å². The van der Waals surface area contributed by atoms with E-state index in [0.717, 1.165) is 23.1 Å². The molecular weight excluding hydrogens is 456 g/mol. The molecule has 0 aromatic heterocycles. The molecule has 3 aromatic carbocycles. The molecule has 0 saturated heterocycles. The number of carbonyl (C=O) groups excluding carboxylic acids is 1. The van der Waals surface area contributed by atoms with Crippen LogP contribution in [-0.2, 0) is 11.2 Å². The molecule has 8 heteroatoms. The molecule has 34 heavy (non-hydrogen) atoms. The Morgan fingerprint density at radius 1 is 1.12 bits per heavy atom. The minimum atomic E-state index is -0.472. The highest BCUT2D eigenvalue weighted by Gasteiger charge is 2.36. The first-order chi connectivity index (χ1) is 16.3. The molecule has 0 radical (unpaired) electrons. The van der Waals surface area contributed by atoms with Crippen molar-refractivity contribution in [2.45, 2.75) is 38.8 Å². The van der Waals surface area contributed by atoms with E-state index in [0.29, 0.717) is 22.2 Å². The Bertz CT molecular complexity index is 1210. The number of rotatable bonds is 7. The number of amides is 1. The second-order valence-corrected chi connectivity index (χ2v) is 8.64. The maximum absolute atomic E-state index is 13.4. The number of benzene rings is 3. The Kier molecular flexibility index (Phi) is 6.75. The Labute approximate surface area is 203 Å². The van der Waals surface area contributed by atoms with Gasteiger partial charge in [-0.3, -0.25) is 14.9 Å². The number of nitro benzene ring substituents is 1. The second kappa shape index (κ2) is 9.73. The molecule has 0 spiro atoms. The zero-order valence-electron chi connectivity index (χ0n) is 19.2. The minimum absolute atomic E-state index is 0.0167. The fraction of sp³-hybridized carbons (Fsp3) is 0.269. The number of carbonyl (C=O) groups is 1. The van der Waals surface area contributed by atoms with Crippen LogP contribution in [0.4, 0.5) is 11.4 Å². The Morgan fingerprint density at radius 3 is 2.38 bits per heavy atom. The summed E-state index contributed by atoms with van der Waals surface area (Å²) in [6.07, 6.45) is 0.974. The minimum Gasteiger partial charge on any atom is -0.493 e. The van der Waals surface area contributed by atoms with Gasteiger partial charge in [0, 0.05) is 22.8 Å². The van der Waals surface area contributed by atoms with Crippen molar-refractivity contribution in [3.05, 3.63) is 92.5 Å². The number of anilines is 1. The number of non-ortho nitro benzene ring substituents is 1. The van der Waals surface area contributed by atoms with Gasteiger partial charge in [0.05, 0.1) is 30.6 Å². The van der Waals surface area contributed by atoms with Crippen LogP contribution in [0.1, 0.15) is 43.0 Å². The number of methoxy groups -OCH3 is 1. The van der Waals surface area contributed by atoms with Crippen molar-refractivity contribution in [3.8, 4) is 11.5 Å². The number of hydrogen-bond donors (Lipinski definition) is 0. The number of halogens is 1. The molecule has 0 bridgehead atoms. The number of fused-ring (bicyclic) bond motifs is 1. The third-order valence-corrected chi connectivity index (χ3v) is 6.27. The van der Waals surface area contributed by atoms with Crippen LogP contribution >= 0.6 is 11.6 Å². The Hall–Kier alpha value is -3.58. The standard InChI is InChI=1S/C26H25ClN2O5/c1-4-16(2)34-24-15-22-18(13-23(24)33-3)14-25(30)28(20-9-11-21(12-10-20)29(31)32)26(22)17-5-7-19(27)8-6-17/h5-13,15-16,26H,4,14H2,1-3H3. The predicted octanol–water partition coefficient (Wildman–Crippen LogP) is 6.11. The number of ether oxygens (including phenoxy) is 2. The summed E-state index contributed by atoms with van der Waals surface area (Å²) in [4.78, 5) is 25.8. The van der Waals surface area contributed by atoms with E-state index >= 15 is 0 Å². The maximum atomic E-state index is 13.4. The first-order valence-electron chi connectivity index (χ1n) is 11.0. The van der Waals surface area contributed by atoms with Crippen molar-refractivity contribution >= 4 is 28.9 Å². The zero-order chi connectivity index (χ0) is 24.4. The second-order valence-electron chi connectivity index (χ2n) is 8.21. The molecule has 1 amide bonds. The molecule has 0 fully saturated rings. The summed E-state index contributed by atoms with van der Waals surface area (Å²) in [6.45, 7) is 4.03. The third kappa shape index (κ3) is 4.56. The lowest BCUT2D eigenvalue weighted by Crippen LogP contribution is -2.41. The van der Waals surface area contributed by atoms with Gasteiger partial charge in [0.25, 0.3) is 5.69 Å². The largest absolute Gasteiger partial charge is 0.493 e. The lowest BCUT2D eigenvalue weighted by Gasteiger charge is -2.38. The van der Waals surface area contributed by atoms with E-state index in [1.54, 1.807) is 36.3 Å². The Balaban J connectivity index is 1.89. The fourth-order valence-corrected chi connectivity index (χ4v) is 4.24. The topological polar surface area (TPSA) is 81.9 Å². The van der Waals surface area contributed by atoms with Crippen LogP contribution in [0.15, 0.2) is 60.7 Å². The van der Waals surface area contributed by atoms with Gasteiger partial charge < -0.3 is 14.4 Å². The van der Waals surface area contributed by atoms with Crippen molar-refractivity contribution < 1.29 is 19.2 Å². The van der Waals surface area contributed by atoms with Crippen LogP contribution in [0.3, 0.4) is 0 Å². The molecular formula is C26H25ClN2O5. The van der Waals surface area contributed by atoms with E-state index in [9.17, 15) is 14.9 Å². The van der Waals surface area contributed by atoms with E-state index < -0.39 is 11.0 Å². The molecule has 3 aromatic rings. The van der Waals surface area contributed by atoms with E-state index in [1.165, 1.54) is 12.1 Å². The Morgan fingerprint density at radius 2 is 1.79 bits per heavy atom. The average Bonchev–Trinajstić information content (AvgIpc) is 2.83. The predicted molar refractivity (Wildman–Crippen MR) is 131 cm³/mol. The molecule has 2 unspecified atom stereocenters. The summed E-state index contributed by atoms with van der Waals surface area (Å²) in [5.41, 5.74) is 3.14. The molecule has 0 saturated carbocycles. The van der Waals surface area contributed by atoms with Crippen LogP contribution in [0.2, 0.25) is 5.02 Å². The molecule has 2 atom stereocenters. The lowest BCUT2D eigenvalue weighted by molar-refractivity contribution is -0.384. The molecule has 1 heterocycles. The van der Waals surface area contributed by atoms with Gasteiger partial charge in [0.2, 0.25) is 5.91 Å². The molecule has 176 valence electrons. The van der Waals surface area contributed by atoms with Gasteiger partial charge in [0.1, 0.15) is 0 Å². The summed E-state index contributed by atoms with van der Waals surface area (Å²) < 4.78 is 11.7. The zero-order valence-corrected chi connectivity index (χ0v) is 19.9. The number of nitro groups is 1.